The minimum absolute atomic E-state index is 0.0710. The molecule has 1 fully saturated rings. The highest BCUT2D eigenvalue weighted by Gasteiger charge is 2.29. The summed E-state index contributed by atoms with van der Waals surface area (Å²) in [6, 6.07) is 0.243. The van der Waals surface area contributed by atoms with Crippen molar-refractivity contribution in [2.45, 2.75) is 32.7 Å². The lowest BCUT2D eigenvalue weighted by Crippen LogP contribution is -2.44. The molecule has 1 saturated heterocycles. The third-order valence-corrected chi connectivity index (χ3v) is 5.03. The van der Waals surface area contributed by atoms with Gasteiger partial charge in [-0.15, -0.1) is 0 Å². The number of likely N-dealkylation sites (tertiary alicyclic amines) is 1. The Morgan fingerprint density at radius 1 is 1.36 bits per heavy atom. The number of nitrogens with zero attached hydrogens (tertiary/aromatic N) is 3. The molecular formula is C16H24ClN3O2. The van der Waals surface area contributed by atoms with Crippen LogP contribution in [0, 0.1) is 13.8 Å². The molecule has 0 aromatic carbocycles. The van der Waals surface area contributed by atoms with Gasteiger partial charge in [-0.3, -0.25) is 4.79 Å². The van der Waals surface area contributed by atoms with Crippen LogP contribution in [0.15, 0.2) is 0 Å². The van der Waals surface area contributed by atoms with E-state index in [0.29, 0.717) is 22.2 Å². The first kappa shape index (κ1) is 17.0. The summed E-state index contributed by atoms with van der Waals surface area (Å²) in [6.45, 7) is 5.67. The molecular weight excluding hydrogens is 302 g/mol. The largest absolute Gasteiger partial charge is 0.480 e. The number of piperidine rings is 1. The zero-order chi connectivity index (χ0) is 16.4. The Morgan fingerprint density at radius 3 is 2.50 bits per heavy atom. The van der Waals surface area contributed by atoms with E-state index in [2.05, 4.69) is 16.9 Å². The zero-order valence-electron chi connectivity index (χ0n) is 13.9. The van der Waals surface area contributed by atoms with Crippen LogP contribution >= 0.6 is 11.6 Å². The van der Waals surface area contributed by atoms with Crippen LogP contribution in [0.2, 0.25) is 5.02 Å². The maximum Gasteiger partial charge on any atom is 0.259 e. The van der Waals surface area contributed by atoms with E-state index in [0.717, 1.165) is 31.5 Å². The van der Waals surface area contributed by atoms with E-state index < -0.39 is 0 Å². The Bertz CT molecular complexity index is 569. The van der Waals surface area contributed by atoms with Crippen LogP contribution in [-0.2, 0) is 0 Å². The molecule has 0 saturated carbocycles. The summed E-state index contributed by atoms with van der Waals surface area (Å²) in [4.78, 5) is 21.3. The molecule has 1 aliphatic heterocycles. The summed E-state index contributed by atoms with van der Waals surface area (Å²) in [5, 5.41) is 0.529. The van der Waals surface area contributed by atoms with E-state index in [-0.39, 0.29) is 11.9 Å². The van der Waals surface area contributed by atoms with Crippen LogP contribution in [-0.4, -0.2) is 61.0 Å². The number of pyridine rings is 1. The molecule has 0 N–H and O–H groups in total. The molecule has 0 unspecified atom stereocenters. The third kappa shape index (κ3) is 3.20. The summed E-state index contributed by atoms with van der Waals surface area (Å²) in [5.41, 5.74) is 1.88. The van der Waals surface area contributed by atoms with Crippen molar-refractivity contribution in [1.29, 1.82) is 0 Å². The maximum atomic E-state index is 12.9. The number of ether oxygens (including phenoxy) is 1. The lowest BCUT2D eigenvalue weighted by atomic mass is 10.0. The van der Waals surface area contributed by atoms with Gasteiger partial charge in [0, 0.05) is 13.1 Å². The van der Waals surface area contributed by atoms with E-state index in [1.807, 2.05) is 25.8 Å². The van der Waals surface area contributed by atoms with Gasteiger partial charge in [0.2, 0.25) is 5.88 Å². The molecule has 1 aromatic heterocycles. The van der Waals surface area contributed by atoms with E-state index >= 15 is 0 Å². The number of carbonyl (C=O) groups is 1. The molecule has 0 radical (unpaired) electrons. The van der Waals surface area contributed by atoms with E-state index in [4.69, 9.17) is 16.3 Å². The Morgan fingerprint density at radius 2 is 1.95 bits per heavy atom. The molecule has 1 aliphatic rings. The first-order chi connectivity index (χ1) is 10.4. The number of rotatable bonds is 3. The van der Waals surface area contributed by atoms with E-state index in [9.17, 15) is 4.79 Å². The van der Waals surface area contributed by atoms with Crippen molar-refractivity contribution in [2.75, 3.05) is 34.3 Å². The highest BCUT2D eigenvalue weighted by atomic mass is 35.5. The van der Waals surface area contributed by atoms with Crippen molar-refractivity contribution in [1.82, 2.24) is 14.8 Å². The molecule has 0 spiro atoms. The van der Waals surface area contributed by atoms with Gasteiger partial charge in [0.05, 0.1) is 17.8 Å². The van der Waals surface area contributed by atoms with Crippen LogP contribution < -0.4 is 4.74 Å². The molecule has 0 aliphatic carbocycles. The summed E-state index contributed by atoms with van der Waals surface area (Å²) in [7, 11) is 5.49. The number of hydrogen-bond donors (Lipinski definition) is 0. The predicted octanol–water partition coefficient (Wildman–Crippen LogP) is 2.53. The standard InChI is InChI=1S/C16H24ClN3O2/c1-10-13(15(22-5)18-11(2)14(10)17)16(21)20(4)12-6-8-19(3)9-7-12/h12H,6-9H2,1-5H3. The van der Waals surface area contributed by atoms with Crippen LogP contribution in [0.3, 0.4) is 0 Å². The van der Waals surface area contributed by atoms with Crippen molar-refractivity contribution >= 4 is 17.5 Å². The number of halogens is 1. The van der Waals surface area contributed by atoms with Gasteiger partial charge < -0.3 is 14.5 Å². The van der Waals surface area contributed by atoms with Crippen LogP contribution in [0.5, 0.6) is 5.88 Å². The minimum Gasteiger partial charge on any atom is -0.480 e. The first-order valence-electron chi connectivity index (χ1n) is 7.53. The molecule has 2 heterocycles. The topological polar surface area (TPSA) is 45.7 Å². The average Bonchev–Trinajstić information content (AvgIpc) is 2.51. The Labute approximate surface area is 137 Å². The van der Waals surface area contributed by atoms with Gasteiger partial charge >= 0.3 is 0 Å². The number of aryl methyl sites for hydroxylation is 1. The number of amides is 1. The second-order valence-corrected chi connectivity index (χ2v) is 6.35. The van der Waals surface area contributed by atoms with Gasteiger partial charge in [-0.05, 0) is 52.4 Å². The monoisotopic (exact) mass is 325 g/mol. The summed E-state index contributed by atoms with van der Waals surface area (Å²) < 4.78 is 5.31. The van der Waals surface area contributed by atoms with Crippen molar-refractivity contribution in [3.8, 4) is 5.88 Å². The highest BCUT2D eigenvalue weighted by Crippen LogP contribution is 2.30. The fourth-order valence-corrected chi connectivity index (χ4v) is 3.06. The number of carbonyl (C=O) groups excluding carboxylic acids is 1. The van der Waals surface area contributed by atoms with Crippen molar-refractivity contribution in [3.05, 3.63) is 21.8 Å². The highest BCUT2D eigenvalue weighted by molar-refractivity contribution is 6.32. The van der Waals surface area contributed by atoms with Gasteiger partial charge in [0.25, 0.3) is 5.91 Å². The molecule has 122 valence electrons. The normalized spacial score (nSPS) is 16.6. The number of aromatic nitrogens is 1. The molecule has 6 heteroatoms. The molecule has 5 nitrogen and oxygen atoms in total. The van der Waals surface area contributed by atoms with Crippen LogP contribution in [0.4, 0.5) is 0 Å². The Kier molecular flexibility index (Phi) is 5.29. The quantitative estimate of drug-likeness (QED) is 0.856. The molecule has 0 atom stereocenters. The number of methoxy groups -OCH3 is 1. The summed E-state index contributed by atoms with van der Waals surface area (Å²) in [6.07, 6.45) is 1.96. The molecule has 1 amide bonds. The Hall–Kier alpha value is -1.33. The number of hydrogen-bond acceptors (Lipinski definition) is 4. The second-order valence-electron chi connectivity index (χ2n) is 5.97. The van der Waals surface area contributed by atoms with Gasteiger partial charge in [-0.1, -0.05) is 11.6 Å². The minimum atomic E-state index is -0.0710. The average molecular weight is 326 g/mol. The third-order valence-electron chi connectivity index (χ3n) is 4.47. The van der Waals surface area contributed by atoms with Gasteiger partial charge in [-0.2, -0.15) is 0 Å². The van der Waals surface area contributed by atoms with Crippen LogP contribution in [0.25, 0.3) is 0 Å². The predicted molar refractivity (Wildman–Crippen MR) is 87.9 cm³/mol. The van der Waals surface area contributed by atoms with Crippen molar-refractivity contribution in [2.24, 2.45) is 0 Å². The fraction of sp³-hybridized carbons (Fsp3) is 0.625. The summed E-state index contributed by atoms with van der Waals surface area (Å²) in [5.74, 6) is 0.280. The van der Waals surface area contributed by atoms with Gasteiger partial charge in [0.1, 0.15) is 5.56 Å². The Balaban J connectivity index is 2.31. The van der Waals surface area contributed by atoms with Crippen molar-refractivity contribution < 1.29 is 9.53 Å². The van der Waals surface area contributed by atoms with Crippen LogP contribution in [0.1, 0.15) is 34.5 Å². The molecule has 0 bridgehead atoms. The van der Waals surface area contributed by atoms with E-state index in [1.54, 1.807) is 0 Å². The SMILES string of the molecule is COc1nc(C)c(Cl)c(C)c1C(=O)N(C)C1CCN(C)CC1. The fourth-order valence-electron chi connectivity index (χ4n) is 2.92. The lowest BCUT2D eigenvalue weighted by Gasteiger charge is -2.35. The first-order valence-corrected chi connectivity index (χ1v) is 7.91. The van der Waals surface area contributed by atoms with Crippen molar-refractivity contribution in [3.63, 3.8) is 0 Å². The van der Waals surface area contributed by atoms with E-state index in [1.165, 1.54) is 7.11 Å². The second kappa shape index (κ2) is 6.84. The molecule has 2 rings (SSSR count). The van der Waals surface area contributed by atoms with Gasteiger partial charge in [-0.25, -0.2) is 4.98 Å². The lowest BCUT2D eigenvalue weighted by molar-refractivity contribution is 0.0654. The molecule has 1 aromatic rings. The molecule has 22 heavy (non-hydrogen) atoms. The summed E-state index contributed by atoms with van der Waals surface area (Å²) >= 11 is 6.27. The smallest absolute Gasteiger partial charge is 0.259 e. The maximum absolute atomic E-state index is 12.9. The zero-order valence-corrected chi connectivity index (χ0v) is 14.7. The van der Waals surface area contributed by atoms with Gasteiger partial charge in [0.15, 0.2) is 0 Å².